The fourth-order valence-electron chi connectivity index (χ4n) is 2.78. The van der Waals surface area contributed by atoms with Gasteiger partial charge in [-0.3, -0.25) is 28.9 Å². The lowest BCUT2D eigenvalue weighted by Crippen LogP contribution is -2.48. The lowest BCUT2D eigenvalue weighted by molar-refractivity contribution is -0.199. The minimum Gasteiger partial charge on any atom is -0.375 e. The maximum Gasteiger partial charge on any atom is 0.335 e. The van der Waals surface area contributed by atoms with Gasteiger partial charge < -0.3 is 14.9 Å². The van der Waals surface area contributed by atoms with Crippen molar-refractivity contribution >= 4 is 35.5 Å². The number of nitrogens with zero attached hydrogens (tertiary/aromatic N) is 2. The number of nitrogens with one attached hydrogen (secondary N) is 1. The number of imide groups is 2. The van der Waals surface area contributed by atoms with Crippen molar-refractivity contribution in [2.45, 2.75) is 58.1 Å². The summed E-state index contributed by atoms with van der Waals surface area (Å²) in [6, 6.07) is 0. The minimum atomic E-state index is -0.784. The second-order valence-corrected chi connectivity index (χ2v) is 7.71. The Balaban J connectivity index is 1.70. The van der Waals surface area contributed by atoms with E-state index in [-0.39, 0.29) is 44.7 Å². The van der Waals surface area contributed by atoms with Crippen LogP contribution in [0.15, 0.2) is 12.2 Å². The maximum absolute atomic E-state index is 12.1. The highest BCUT2D eigenvalue weighted by molar-refractivity contribution is 6.13. The smallest absolute Gasteiger partial charge is 0.335 e. The van der Waals surface area contributed by atoms with Crippen LogP contribution in [0, 0.1) is 0 Å². The Kier molecular flexibility index (Phi) is 7.43. The van der Waals surface area contributed by atoms with Crippen molar-refractivity contribution in [3.8, 4) is 0 Å². The van der Waals surface area contributed by atoms with Crippen LogP contribution in [0.5, 0.6) is 0 Å². The molecule has 0 bridgehead atoms. The summed E-state index contributed by atoms with van der Waals surface area (Å²) in [4.78, 5) is 75.6. The molecule has 1 atom stereocenters. The Labute approximate surface area is 173 Å². The molecule has 0 spiro atoms. The summed E-state index contributed by atoms with van der Waals surface area (Å²) >= 11 is 0. The third-order valence-corrected chi connectivity index (χ3v) is 4.32. The first kappa shape index (κ1) is 23.2. The largest absolute Gasteiger partial charge is 0.375 e. The lowest BCUT2D eigenvalue weighted by atomic mass is 10.1. The topological polar surface area (TPSA) is 139 Å². The van der Waals surface area contributed by atoms with E-state index >= 15 is 0 Å². The molecule has 2 aliphatic heterocycles. The quantitative estimate of drug-likeness (QED) is 0.468. The van der Waals surface area contributed by atoms with E-state index in [1.54, 1.807) is 20.8 Å². The normalized spacial score (nSPS) is 17.7. The molecule has 0 aliphatic carbocycles. The van der Waals surface area contributed by atoms with Gasteiger partial charge in [0.2, 0.25) is 5.91 Å². The Bertz CT molecular complexity index is 755. The fourth-order valence-corrected chi connectivity index (χ4v) is 2.78. The zero-order chi connectivity index (χ0) is 22.5. The van der Waals surface area contributed by atoms with Crippen LogP contribution in [0.3, 0.4) is 0 Å². The van der Waals surface area contributed by atoms with E-state index in [0.717, 1.165) is 17.1 Å². The van der Waals surface area contributed by atoms with E-state index in [2.05, 4.69) is 5.32 Å². The number of carbonyl (C=O) groups is 6. The number of rotatable bonds is 10. The predicted octanol–water partition coefficient (Wildman–Crippen LogP) is -0.401. The minimum absolute atomic E-state index is 0.0165. The average molecular weight is 423 g/mol. The van der Waals surface area contributed by atoms with Crippen LogP contribution in [-0.4, -0.2) is 70.3 Å². The number of hydrogen-bond acceptors (Lipinski definition) is 8. The summed E-state index contributed by atoms with van der Waals surface area (Å²) in [7, 11) is 0. The molecule has 0 aromatic carbocycles. The van der Waals surface area contributed by atoms with Crippen LogP contribution < -0.4 is 5.32 Å². The van der Waals surface area contributed by atoms with E-state index in [4.69, 9.17) is 9.57 Å². The predicted molar refractivity (Wildman–Crippen MR) is 99.9 cm³/mol. The molecule has 2 aliphatic rings. The Hall–Kier alpha value is -3.08. The highest BCUT2D eigenvalue weighted by Gasteiger charge is 2.33. The van der Waals surface area contributed by atoms with Crippen LogP contribution >= 0.6 is 0 Å². The summed E-state index contributed by atoms with van der Waals surface area (Å²) in [6.45, 7) is 5.09. The van der Waals surface area contributed by atoms with Crippen molar-refractivity contribution in [1.29, 1.82) is 0 Å². The highest BCUT2D eigenvalue weighted by atomic mass is 16.7. The van der Waals surface area contributed by atoms with Crippen LogP contribution in [0.25, 0.3) is 0 Å². The monoisotopic (exact) mass is 423 g/mol. The van der Waals surface area contributed by atoms with Gasteiger partial charge in [-0.25, -0.2) is 4.79 Å². The summed E-state index contributed by atoms with van der Waals surface area (Å²) < 4.78 is 5.58. The summed E-state index contributed by atoms with van der Waals surface area (Å²) in [5.74, 6) is -3.16. The SMILES string of the molecule is CC(CC(=O)ON1C(=O)CCC1=O)OCC(C)(C)NC(=O)CCN1C(=O)C=CC1=O. The number of amides is 5. The number of ether oxygens (including phenoxy) is 1. The van der Waals surface area contributed by atoms with Crippen molar-refractivity contribution < 1.29 is 38.3 Å². The molecule has 2 heterocycles. The molecule has 0 aromatic heterocycles. The van der Waals surface area contributed by atoms with Gasteiger partial charge in [0.1, 0.15) is 0 Å². The van der Waals surface area contributed by atoms with Crippen LogP contribution in [0.1, 0.15) is 46.5 Å². The van der Waals surface area contributed by atoms with E-state index in [9.17, 15) is 28.8 Å². The maximum atomic E-state index is 12.1. The molecule has 1 N–H and O–H groups in total. The average Bonchev–Trinajstić information content (AvgIpc) is 3.13. The molecule has 164 valence electrons. The first-order valence-corrected chi connectivity index (χ1v) is 9.51. The Morgan fingerprint density at radius 1 is 1.10 bits per heavy atom. The van der Waals surface area contributed by atoms with Gasteiger partial charge in [-0.2, -0.15) is 0 Å². The van der Waals surface area contributed by atoms with Crippen LogP contribution in [-0.2, 0) is 38.3 Å². The van der Waals surface area contributed by atoms with Gasteiger partial charge in [0.25, 0.3) is 23.6 Å². The molecule has 0 radical (unpaired) electrons. The Morgan fingerprint density at radius 2 is 1.67 bits per heavy atom. The van der Waals surface area contributed by atoms with Crippen LogP contribution in [0.4, 0.5) is 0 Å². The van der Waals surface area contributed by atoms with Crippen molar-refractivity contribution in [1.82, 2.24) is 15.3 Å². The first-order valence-electron chi connectivity index (χ1n) is 9.51. The third-order valence-electron chi connectivity index (χ3n) is 4.32. The standard InChI is InChI=1S/C19H25N3O8/c1-12(10-18(28)30-22-16(26)6-7-17(22)27)29-11-19(2,3)20-13(23)8-9-21-14(24)4-5-15(21)25/h4-5,12H,6-11H2,1-3H3,(H,20,23). The molecule has 0 aromatic rings. The highest BCUT2D eigenvalue weighted by Crippen LogP contribution is 2.14. The van der Waals surface area contributed by atoms with Crippen molar-refractivity contribution in [3.63, 3.8) is 0 Å². The molecule has 1 fully saturated rings. The fraction of sp³-hybridized carbons (Fsp3) is 0.579. The molecular weight excluding hydrogens is 398 g/mol. The zero-order valence-corrected chi connectivity index (χ0v) is 17.1. The van der Waals surface area contributed by atoms with Gasteiger partial charge in [-0.05, 0) is 20.8 Å². The molecule has 0 saturated carbocycles. The molecule has 11 nitrogen and oxygen atoms in total. The Morgan fingerprint density at radius 3 is 2.23 bits per heavy atom. The van der Waals surface area contributed by atoms with Gasteiger partial charge >= 0.3 is 5.97 Å². The molecule has 1 unspecified atom stereocenters. The van der Waals surface area contributed by atoms with E-state index in [1.165, 1.54) is 0 Å². The zero-order valence-electron chi connectivity index (χ0n) is 17.1. The molecule has 1 saturated heterocycles. The van der Waals surface area contributed by atoms with Crippen molar-refractivity contribution in [2.24, 2.45) is 0 Å². The van der Waals surface area contributed by atoms with Crippen LogP contribution in [0.2, 0.25) is 0 Å². The molecule has 11 heteroatoms. The molecule has 30 heavy (non-hydrogen) atoms. The second-order valence-electron chi connectivity index (χ2n) is 7.71. The molecule has 5 amide bonds. The van der Waals surface area contributed by atoms with Gasteiger partial charge in [0.15, 0.2) is 0 Å². The van der Waals surface area contributed by atoms with E-state index in [0.29, 0.717) is 5.06 Å². The second kappa shape index (κ2) is 9.61. The van der Waals surface area contributed by atoms with E-state index in [1.807, 2.05) is 0 Å². The first-order chi connectivity index (χ1) is 14.0. The number of hydrogen-bond donors (Lipinski definition) is 1. The molecule has 2 rings (SSSR count). The molecular formula is C19H25N3O8. The van der Waals surface area contributed by atoms with Crippen molar-refractivity contribution in [2.75, 3.05) is 13.2 Å². The summed E-state index contributed by atoms with van der Waals surface area (Å²) in [6.07, 6.45) is 1.51. The summed E-state index contributed by atoms with van der Waals surface area (Å²) in [5.41, 5.74) is -0.784. The number of carbonyl (C=O) groups excluding carboxylic acids is 6. The third kappa shape index (κ3) is 6.48. The van der Waals surface area contributed by atoms with Gasteiger partial charge in [0, 0.05) is 38.0 Å². The number of hydroxylamine groups is 2. The van der Waals surface area contributed by atoms with Crippen molar-refractivity contribution in [3.05, 3.63) is 12.2 Å². The van der Waals surface area contributed by atoms with Gasteiger partial charge in [-0.15, -0.1) is 5.06 Å². The summed E-state index contributed by atoms with van der Waals surface area (Å²) in [5, 5.41) is 3.22. The van der Waals surface area contributed by atoms with Gasteiger partial charge in [-0.1, -0.05) is 0 Å². The lowest BCUT2D eigenvalue weighted by Gasteiger charge is -2.28. The van der Waals surface area contributed by atoms with Gasteiger partial charge in [0.05, 0.1) is 24.7 Å². The van der Waals surface area contributed by atoms with E-state index < -0.39 is 41.2 Å².